The van der Waals surface area contributed by atoms with E-state index in [4.69, 9.17) is 4.74 Å². The van der Waals surface area contributed by atoms with Gasteiger partial charge in [-0.3, -0.25) is 0 Å². The zero-order valence-electron chi connectivity index (χ0n) is 18.2. The van der Waals surface area contributed by atoms with Crippen LogP contribution in [0.4, 0.5) is 0 Å². The van der Waals surface area contributed by atoms with Crippen molar-refractivity contribution in [1.82, 2.24) is 5.06 Å². The van der Waals surface area contributed by atoms with Gasteiger partial charge in [-0.15, -0.1) is 10.3 Å². The van der Waals surface area contributed by atoms with E-state index in [-0.39, 0.29) is 12.1 Å². The van der Waals surface area contributed by atoms with Crippen LogP contribution in [-0.4, -0.2) is 28.2 Å². The highest BCUT2D eigenvalue weighted by Crippen LogP contribution is 2.38. The maximum atomic E-state index is 12.7. The van der Waals surface area contributed by atoms with Crippen molar-refractivity contribution < 1.29 is 14.7 Å². The Bertz CT molecular complexity index is 819. The van der Waals surface area contributed by atoms with E-state index in [1.165, 1.54) is 5.56 Å². The Balaban J connectivity index is 1.67. The first-order chi connectivity index (χ1) is 13.6. The Kier molecular flexibility index (Phi) is 6.16. The summed E-state index contributed by atoms with van der Waals surface area (Å²) in [5, 5.41) is 13.6. The van der Waals surface area contributed by atoms with Crippen LogP contribution in [0, 0.1) is 0 Å². The van der Waals surface area contributed by atoms with E-state index in [9.17, 15) is 10.0 Å². The molecule has 1 saturated heterocycles. The third-order valence-electron chi connectivity index (χ3n) is 5.77. The van der Waals surface area contributed by atoms with Crippen molar-refractivity contribution in [3.63, 3.8) is 0 Å². The quantitative estimate of drug-likeness (QED) is 0.600. The molecule has 1 aliphatic heterocycles. The number of esters is 1. The van der Waals surface area contributed by atoms with Gasteiger partial charge in [-0.1, -0.05) is 49.7 Å². The van der Waals surface area contributed by atoms with Crippen LogP contribution in [0.1, 0.15) is 69.8 Å². The van der Waals surface area contributed by atoms with Gasteiger partial charge in [0.2, 0.25) is 0 Å². The molecule has 4 nitrogen and oxygen atoms in total. The van der Waals surface area contributed by atoms with E-state index in [2.05, 4.69) is 31.2 Å². The average Bonchev–Trinajstić information content (AvgIpc) is 2.66. The summed E-state index contributed by atoms with van der Waals surface area (Å²) in [6.45, 7) is 9.80. The van der Waals surface area contributed by atoms with E-state index < -0.39 is 11.1 Å². The Morgan fingerprint density at radius 2 is 1.41 bits per heavy atom. The first kappa shape index (κ1) is 21.5. The van der Waals surface area contributed by atoms with E-state index in [0.29, 0.717) is 18.4 Å². The summed E-state index contributed by atoms with van der Waals surface area (Å²) in [5.74, 6) is -0.328. The van der Waals surface area contributed by atoms with Gasteiger partial charge in [-0.25, -0.2) is 4.79 Å². The Morgan fingerprint density at radius 3 is 1.90 bits per heavy atom. The second kappa shape index (κ2) is 8.29. The summed E-state index contributed by atoms with van der Waals surface area (Å²) in [7, 11) is 0. The molecular weight excluding hydrogens is 362 g/mol. The lowest BCUT2D eigenvalue weighted by molar-refractivity contribution is -0.298. The molecule has 0 unspecified atom stereocenters. The predicted octanol–water partition coefficient (Wildman–Crippen LogP) is 5.83. The lowest BCUT2D eigenvalue weighted by atomic mass is 9.80. The Morgan fingerprint density at radius 1 is 0.931 bits per heavy atom. The number of benzene rings is 2. The standard InChI is InChI=1S/C25H32NO3/c1-6-7-18-8-10-19(11-9-18)20-12-14-21(15-13-20)23(27)29-22-16-24(2,3)26(28)25(4,5)17-22/h8-15,22H,6-7,16-17H2,1-5H3. The Hall–Kier alpha value is -2.17. The molecule has 0 spiro atoms. The highest BCUT2D eigenvalue weighted by Gasteiger charge is 2.47. The number of carbonyl (C=O) groups excluding carboxylic acids is 1. The minimum atomic E-state index is -0.555. The molecule has 0 amide bonds. The fraction of sp³-hybridized carbons (Fsp3) is 0.480. The fourth-order valence-electron chi connectivity index (χ4n) is 4.43. The van der Waals surface area contributed by atoms with Gasteiger partial charge in [0.25, 0.3) is 0 Å². The maximum absolute atomic E-state index is 12.7. The van der Waals surface area contributed by atoms with Crippen molar-refractivity contribution in [1.29, 1.82) is 0 Å². The molecule has 1 heterocycles. The first-order valence-corrected chi connectivity index (χ1v) is 10.5. The minimum absolute atomic E-state index is 0.261. The van der Waals surface area contributed by atoms with Crippen LogP contribution < -0.4 is 0 Å². The Labute approximate surface area is 174 Å². The number of rotatable bonds is 5. The third kappa shape index (κ3) is 4.88. The number of hydroxylamine groups is 2. The molecule has 4 heteroatoms. The summed E-state index contributed by atoms with van der Waals surface area (Å²) in [4.78, 5) is 12.7. The largest absolute Gasteiger partial charge is 0.459 e. The molecule has 0 saturated carbocycles. The fourth-order valence-corrected chi connectivity index (χ4v) is 4.43. The summed E-state index contributed by atoms with van der Waals surface area (Å²) < 4.78 is 5.78. The van der Waals surface area contributed by atoms with Crippen LogP contribution >= 0.6 is 0 Å². The van der Waals surface area contributed by atoms with Gasteiger partial charge >= 0.3 is 5.97 Å². The predicted molar refractivity (Wildman–Crippen MR) is 115 cm³/mol. The van der Waals surface area contributed by atoms with Crippen LogP contribution in [0.2, 0.25) is 0 Å². The zero-order chi connectivity index (χ0) is 21.2. The molecule has 3 rings (SSSR count). The molecule has 0 aliphatic carbocycles. The molecule has 0 bridgehead atoms. The normalized spacial score (nSPS) is 19.1. The molecule has 1 fully saturated rings. The van der Waals surface area contributed by atoms with E-state index in [1.54, 1.807) is 0 Å². The van der Waals surface area contributed by atoms with Crippen LogP contribution in [-0.2, 0) is 16.4 Å². The highest BCUT2D eigenvalue weighted by molar-refractivity contribution is 5.90. The molecule has 0 N–H and O–H groups in total. The molecule has 2 aromatic rings. The molecule has 1 aliphatic rings. The van der Waals surface area contributed by atoms with Crippen molar-refractivity contribution in [2.24, 2.45) is 0 Å². The number of piperidine rings is 1. The van der Waals surface area contributed by atoms with Gasteiger partial charge in [0.15, 0.2) is 0 Å². The van der Waals surface area contributed by atoms with Gasteiger partial charge in [-0.05, 0) is 62.9 Å². The maximum Gasteiger partial charge on any atom is 0.338 e. The molecule has 0 atom stereocenters. The second-order valence-electron chi connectivity index (χ2n) is 9.38. The van der Waals surface area contributed by atoms with E-state index in [1.807, 2.05) is 52.0 Å². The number of aryl methyl sites for hydroxylation is 1. The van der Waals surface area contributed by atoms with Crippen molar-refractivity contribution >= 4 is 5.97 Å². The molecule has 155 valence electrons. The molecule has 2 aromatic carbocycles. The summed E-state index contributed by atoms with van der Waals surface area (Å²) in [6, 6.07) is 16.1. The lowest BCUT2D eigenvalue weighted by Crippen LogP contribution is -2.60. The molecular formula is C25H32NO3. The van der Waals surface area contributed by atoms with Crippen LogP contribution in [0.3, 0.4) is 0 Å². The monoisotopic (exact) mass is 394 g/mol. The molecule has 1 radical (unpaired) electrons. The third-order valence-corrected chi connectivity index (χ3v) is 5.77. The minimum Gasteiger partial charge on any atom is -0.459 e. The molecule has 0 aromatic heterocycles. The van der Waals surface area contributed by atoms with Gasteiger partial charge in [-0.2, -0.15) is 0 Å². The van der Waals surface area contributed by atoms with Gasteiger partial charge in [0.05, 0.1) is 5.56 Å². The topological polar surface area (TPSA) is 49.4 Å². The lowest BCUT2D eigenvalue weighted by Gasteiger charge is -2.49. The summed E-state index contributed by atoms with van der Waals surface area (Å²) in [5.41, 5.74) is 2.98. The van der Waals surface area contributed by atoms with E-state index >= 15 is 0 Å². The first-order valence-electron chi connectivity index (χ1n) is 10.5. The SMILES string of the molecule is CCCc1ccc(-c2ccc(C(=O)OC3CC(C)(C)N([O])C(C)(C)C3)cc2)cc1. The summed E-state index contributed by atoms with van der Waals surface area (Å²) in [6.07, 6.45) is 3.04. The van der Waals surface area contributed by atoms with Crippen LogP contribution in [0.25, 0.3) is 11.1 Å². The van der Waals surface area contributed by atoms with Crippen molar-refractivity contribution in [2.75, 3.05) is 0 Å². The zero-order valence-corrected chi connectivity index (χ0v) is 18.2. The summed E-state index contributed by atoms with van der Waals surface area (Å²) >= 11 is 0. The van der Waals surface area contributed by atoms with Crippen molar-refractivity contribution in [3.8, 4) is 11.1 Å². The number of hydrogen-bond donors (Lipinski definition) is 0. The van der Waals surface area contributed by atoms with Gasteiger partial charge in [0.1, 0.15) is 6.10 Å². The number of hydrogen-bond acceptors (Lipinski definition) is 3. The number of ether oxygens (including phenoxy) is 1. The second-order valence-corrected chi connectivity index (χ2v) is 9.38. The molecule has 29 heavy (non-hydrogen) atoms. The smallest absolute Gasteiger partial charge is 0.338 e. The number of nitrogens with zero attached hydrogens (tertiary/aromatic N) is 1. The van der Waals surface area contributed by atoms with Crippen LogP contribution in [0.15, 0.2) is 48.5 Å². The highest BCUT2D eigenvalue weighted by atomic mass is 16.5. The average molecular weight is 395 g/mol. The van der Waals surface area contributed by atoms with Gasteiger partial charge in [0, 0.05) is 23.9 Å². The van der Waals surface area contributed by atoms with Gasteiger partial charge < -0.3 is 4.74 Å². The van der Waals surface area contributed by atoms with Crippen molar-refractivity contribution in [3.05, 3.63) is 59.7 Å². The number of carbonyl (C=O) groups is 1. The van der Waals surface area contributed by atoms with Crippen LogP contribution in [0.5, 0.6) is 0 Å². The van der Waals surface area contributed by atoms with Crippen molar-refractivity contribution in [2.45, 2.75) is 77.5 Å². The van der Waals surface area contributed by atoms with E-state index in [0.717, 1.165) is 29.0 Å².